The van der Waals surface area contributed by atoms with E-state index in [1.807, 2.05) is 18.5 Å². The molecule has 0 aliphatic carbocycles. The molecule has 0 bridgehead atoms. The molecule has 2 aliphatic rings. The lowest BCUT2D eigenvalue weighted by atomic mass is 10.0. The van der Waals surface area contributed by atoms with Crippen LogP contribution in [0.15, 0.2) is 48.8 Å². The van der Waals surface area contributed by atoms with Gasteiger partial charge in [0.1, 0.15) is 0 Å². The summed E-state index contributed by atoms with van der Waals surface area (Å²) >= 11 is 0. The fraction of sp³-hybridized carbons (Fsp3) is 0.450. The molecule has 1 aromatic heterocycles. The van der Waals surface area contributed by atoms with E-state index in [0.29, 0.717) is 6.04 Å². The first-order valence-electron chi connectivity index (χ1n) is 8.88. The maximum absolute atomic E-state index is 4.16. The van der Waals surface area contributed by atoms with Crippen LogP contribution in [0.1, 0.15) is 49.3 Å². The minimum Gasteiger partial charge on any atom is -0.381 e. The minimum absolute atomic E-state index is 0.646. The Kier molecular flexibility index (Phi) is 4.29. The number of hydrogen-bond acceptors (Lipinski definition) is 3. The van der Waals surface area contributed by atoms with Crippen LogP contribution in [-0.4, -0.2) is 22.5 Å². The SMILES string of the molecule is c1cncc(CNc2ccc(C3CCC4CCCCN43)cc2)c1. The van der Waals surface area contributed by atoms with Crippen molar-refractivity contribution in [1.29, 1.82) is 0 Å². The summed E-state index contributed by atoms with van der Waals surface area (Å²) in [7, 11) is 0. The smallest absolute Gasteiger partial charge is 0.0416 e. The van der Waals surface area contributed by atoms with Crippen molar-refractivity contribution in [2.24, 2.45) is 0 Å². The number of benzene rings is 1. The lowest BCUT2D eigenvalue weighted by Crippen LogP contribution is -2.35. The van der Waals surface area contributed by atoms with E-state index in [0.717, 1.165) is 12.6 Å². The molecular formula is C20H25N3. The van der Waals surface area contributed by atoms with E-state index in [9.17, 15) is 0 Å². The van der Waals surface area contributed by atoms with Gasteiger partial charge in [0.05, 0.1) is 0 Å². The van der Waals surface area contributed by atoms with Crippen molar-refractivity contribution in [2.75, 3.05) is 11.9 Å². The van der Waals surface area contributed by atoms with Crippen molar-refractivity contribution < 1.29 is 0 Å². The van der Waals surface area contributed by atoms with Gasteiger partial charge < -0.3 is 5.32 Å². The van der Waals surface area contributed by atoms with Crippen LogP contribution in [0, 0.1) is 0 Å². The molecule has 3 heterocycles. The second kappa shape index (κ2) is 6.71. The van der Waals surface area contributed by atoms with Crippen molar-refractivity contribution in [2.45, 2.75) is 50.7 Å². The van der Waals surface area contributed by atoms with Crippen LogP contribution >= 0.6 is 0 Å². The summed E-state index contributed by atoms with van der Waals surface area (Å²) < 4.78 is 0. The van der Waals surface area contributed by atoms with Gasteiger partial charge in [0.25, 0.3) is 0 Å². The van der Waals surface area contributed by atoms with Crippen molar-refractivity contribution in [1.82, 2.24) is 9.88 Å². The van der Waals surface area contributed by atoms with Crippen molar-refractivity contribution >= 4 is 5.69 Å². The zero-order valence-electron chi connectivity index (χ0n) is 13.6. The Morgan fingerprint density at radius 3 is 2.78 bits per heavy atom. The third kappa shape index (κ3) is 3.25. The maximum Gasteiger partial charge on any atom is 0.0416 e. The van der Waals surface area contributed by atoms with E-state index < -0.39 is 0 Å². The molecule has 4 rings (SSSR count). The molecule has 0 saturated carbocycles. The quantitative estimate of drug-likeness (QED) is 0.908. The van der Waals surface area contributed by atoms with Gasteiger partial charge in [-0.15, -0.1) is 0 Å². The molecule has 3 nitrogen and oxygen atoms in total. The number of nitrogens with zero attached hydrogens (tertiary/aromatic N) is 2. The second-order valence-corrected chi connectivity index (χ2v) is 6.82. The van der Waals surface area contributed by atoms with E-state index in [-0.39, 0.29) is 0 Å². The first kappa shape index (κ1) is 14.7. The number of nitrogens with one attached hydrogen (secondary N) is 1. The molecule has 2 fully saturated rings. The second-order valence-electron chi connectivity index (χ2n) is 6.82. The van der Waals surface area contributed by atoms with Crippen LogP contribution in [0.4, 0.5) is 5.69 Å². The molecule has 3 heteroatoms. The summed E-state index contributed by atoms with van der Waals surface area (Å²) in [5.74, 6) is 0. The minimum atomic E-state index is 0.646. The van der Waals surface area contributed by atoms with Gasteiger partial charge in [0.2, 0.25) is 0 Å². The fourth-order valence-corrected chi connectivity index (χ4v) is 4.15. The molecule has 0 spiro atoms. The molecule has 2 atom stereocenters. The van der Waals surface area contributed by atoms with Crippen molar-refractivity contribution in [3.05, 3.63) is 59.9 Å². The average Bonchev–Trinajstić information content (AvgIpc) is 3.05. The highest BCUT2D eigenvalue weighted by atomic mass is 15.2. The lowest BCUT2D eigenvalue weighted by molar-refractivity contribution is 0.150. The predicted octanol–water partition coefficient (Wildman–Crippen LogP) is 4.38. The number of hydrogen-bond donors (Lipinski definition) is 1. The van der Waals surface area contributed by atoms with Gasteiger partial charge in [-0.1, -0.05) is 24.6 Å². The highest BCUT2D eigenvalue weighted by molar-refractivity contribution is 5.45. The average molecular weight is 307 g/mol. The number of anilines is 1. The molecule has 0 amide bonds. The third-order valence-corrected chi connectivity index (χ3v) is 5.36. The first-order chi connectivity index (χ1) is 11.4. The summed E-state index contributed by atoms with van der Waals surface area (Å²) in [6.07, 6.45) is 10.6. The zero-order valence-corrected chi connectivity index (χ0v) is 13.6. The van der Waals surface area contributed by atoms with Gasteiger partial charge in [0, 0.05) is 36.7 Å². The Labute approximate surface area is 138 Å². The van der Waals surface area contributed by atoms with Crippen LogP contribution in [0.2, 0.25) is 0 Å². The van der Waals surface area contributed by atoms with Gasteiger partial charge in [-0.25, -0.2) is 0 Å². The van der Waals surface area contributed by atoms with Crippen LogP contribution in [0.3, 0.4) is 0 Å². The highest BCUT2D eigenvalue weighted by Crippen LogP contribution is 2.40. The molecule has 1 N–H and O–H groups in total. The first-order valence-corrected chi connectivity index (χ1v) is 8.88. The summed E-state index contributed by atoms with van der Waals surface area (Å²) in [5.41, 5.74) is 3.88. The molecule has 2 aromatic rings. The third-order valence-electron chi connectivity index (χ3n) is 5.36. The van der Waals surface area contributed by atoms with E-state index >= 15 is 0 Å². The van der Waals surface area contributed by atoms with E-state index in [2.05, 4.69) is 45.5 Å². The molecule has 120 valence electrons. The molecular weight excluding hydrogens is 282 g/mol. The monoisotopic (exact) mass is 307 g/mol. The molecule has 2 unspecified atom stereocenters. The van der Waals surface area contributed by atoms with Gasteiger partial charge in [-0.05, 0) is 61.6 Å². The summed E-state index contributed by atoms with van der Waals surface area (Å²) in [6, 6.07) is 14.6. The Bertz CT molecular complexity index is 623. The Balaban J connectivity index is 1.40. The predicted molar refractivity (Wildman–Crippen MR) is 94.3 cm³/mol. The molecule has 1 aromatic carbocycles. The van der Waals surface area contributed by atoms with Gasteiger partial charge in [-0.2, -0.15) is 0 Å². The standard InChI is InChI=1S/C20H25N3/c1-2-13-23-19(5-1)10-11-20(23)17-6-8-18(9-7-17)22-15-16-4-3-12-21-14-16/h3-4,6-9,12,14,19-20,22H,1-2,5,10-11,13,15H2. The fourth-order valence-electron chi connectivity index (χ4n) is 4.15. The molecule has 23 heavy (non-hydrogen) atoms. The largest absolute Gasteiger partial charge is 0.381 e. The van der Waals surface area contributed by atoms with E-state index in [1.165, 1.54) is 55.5 Å². The van der Waals surface area contributed by atoms with Crippen LogP contribution in [-0.2, 0) is 6.54 Å². The number of fused-ring (bicyclic) bond motifs is 1. The van der Waals surface area contributed by atoms with E-state index in [4.69, 9.17) is 0 Å². The summed E-state index contributed by atoms with van der Waals surface area (Å²) in [4.78, 5) is 6.91. The Hall–Kier alpha value is -1.87. The van der Waals surface area contributed by atoms with Crippen LogP contribution < -0.4 is 5.32 Å². The van der Waals surface area contributed by atoms with Crippen LogP contribution in [0.25, 0.3) is 0 Å². The van der Waals surface area contributed by atoms with E-state index in [1.54, 1.807) is 0 Å². The van der Waals surface area contributed by atoms with Gasteiger partial charge >= 0.3 is 0 Å². The topological polar surface area (TPSA) is 28.2 Å². The van der Waals surface area contributed by atoms with Gasteiger partial charge in [0.15, 0.2) is 0 Å². The molecule has 2 saturated heterocycles. The van der Waals surface area contributed by atoms with Crippen LogP contribution in [0.5, 0.6) is 0 Å². The van der Waals surface area contributed by atoms with Crippen molar-refractivity contribution in [3.63, 3.8) is 0 Å². The lowest BCUT2D eigenvalue weighted by Gasteiger charge is -2.34. The number of rotatable bonds is 4. The normalized spacial score (nSPS) is 24.3. The highest BCUT2D eigenvalue weighted by Gasteiger charge is 2.35. The zero-order chi connectivity index (χ0) is 15.5. The molecule has 2 aliphatic heterocycles. The number of pyridine rings is 1. The Morgan fingerprint density at radius 1 is 1.04 bits per heavy atom. The summed E-state index contributed by atoms with van der Waals surface area (Å²) in [5, 5.41) is 3.48. The maximum atomic E-state index is 4.16. The number of aromatic nitrogens is 1. The summed E-state index contributed by atoms with van der Waals surface area (Å²) in [6.45, 7) is 2.11. The van der Waals surface area contributed by atoms with Crippen molar-refractivity contribution in [3.8, 4) is 0 Å². The van der Waals surface area contributed by atoms with Gasteiger partial charge in [-0.3, -0.25) is 9.88 Å². The number of piperidine rings is 1. The molecule has 0 radical (unpaired) electrons. The Morgan fingerprint density at radius 2 is 1.96 bits per heavy atom.